The number of carbonyl (C=O) groups is 1. The zero-order valence-corrected chi connectivity index (χ0v) is 12.6. The Bertz CT molecular complexity index is 341. The molecule has 1 unspecified atom stereocenters. The molecule has 7 heteroatoms. The molecule has 116 valence electrons. The number of rotatable bonds is 10. The highest BCUT2D eigenvalue weighted by molar-refractivity contribution is 5.99. The molecule has 4 N–H and O–H groups in total. The number of nitrogens with zero attached hydrogens (tertiary/aromatic N) is 2. The van der Waals surface area contributed by atoms with Crippen LogP contribution in [-0.2, 0) is 14.4 Å². The summed E-state index contributed by atoms with van der Waals surface area (Å²) in [4.78, 5) is 20.8. The molecule has 0 amide bonds. The second kappa shape index (κ2) is 10.2. The minimum Gasteiger partial charge on any atom is -0.464 e. The molecule has 20 heavy (non-hydrogen) atoms. The van der Waals surface area contributed by atoms with Gasteiger partial charge in [-0.05, 0) is 40.0 Å². The van der Waals surface area contributed by atoms with E-state index in [0.29, 0.717) is 31.8 Å². The van der Waals surface area contributed by atoms with Gasteiger partial charge in [-0.2, -0.15) is 0 Å². The van der Waals surface area contributed by atoms with Crippen molar-refractivity contribution in [3.63, 3.8) is 0 Å². The number of hydrogen-bond donors (Lipinski definition) is 2. The molecule has 0 saturated heterocycles. The van der Waals surface area contributed by atoms with Crippen LogP contribution in [0.15, 0.2) is 10.1 Å². The average Bonchev–Trinajstić information content (AvgIpc) is 2.38. The zero-order valence-electron chi connectivity index (χ0n) is 12.6. The Labute approximate surface area is 120 Å². The Hall–Kier alpha value is -1.63. The van der Waals surface area contributed by atoms with Gasteiger partial charge in [0.1, 0.15) is 6.61 Å². The normalized spacial score (nSPS) is 15.1. The van der Waals surface area contributed by atoms with E-state index in [4.69, 9.17) is 21.0 Å². The lowest BCUT2D eigenvalue weighted by molar-refractivity contribution is -0.147. The zero-order chi connectivity index (χ0) is 15.4. The summed E-state index contributed by atoms with van der Waals surface area (Å²) in [7, 11) is 0. The van der Waals surface area contributed by atoms with Crippen molar-refractivity contribution in [1.29, 1.82) is 0 Å². The third kappa shape index (κ3) is 7.73. The molecule has 0 aromatic rings. The maximum atomic E-state index is 11.9. The van der Waals surface area contributed by atoms with Gasteiger partial charge in [-0.3, -0.25) is 4.99 Å². The number of unbranched alkanes of at least 4 members (excludes halogenated alkanes) is 1. The topological polar surface area (TPSA) is 112 Å². The van der Waals surface area contributed by atoms with Crippen molar-refractivity contribution in [3.8, 4) is 0 Å². The van der Waals surface area contributed by atoms with E-state index in [2.05, 4.69) is 10.1 Å². The van der Waals surface area contributed by atoms with Crippen molar-refractivity contribution in [2.45, 2.75) is 45.6 Å². The average molecular weight is 286 g/mol. The molecule has 0 aliphatic heterocycles. The maximum Gasteiger partial charge on any atom is 0.331 e. The number of aliphatic imine (C=N–C) groups is 1. The van der Waals surface area contributed by atoms with E-state index in [-0.39, 0.29) is 6.61 Å². The van der Waals surface area contributed by atoms with Crippen molar-refractivity contribution in [3.05, 3.63) is 0 Å². The lowest BCUT2D eigenvalue weighted by Gasteiger charge is -2.22. The van der Waals surface area contributed by atoms with Crippen molar-refractivity contribution in [2.75, 3.05) is 19.8 Å². The van der Waals surface area contributed by atoms with Crippen LogP contribution in [0, 0.1) is 0 Å². The molecule has 0 radical (unpaired) electrons. The van der Waals surface area contributed by atoms with E-state index in [1.54, 1.807) is 20.8 Å². The van der Waals surface area contributed by atoms with E-state index in [0.717, 1.165) is 6.42 Å². The van der Waals surface area contributed by atoms with Crippen LogP contribution in [0.1, 0.15) is 40.0 Å². The van der Waals surface area contributed by atoms with Gasteiger partial charge in [0, 0.05) is 6.54 Å². The summed E-state index contributed by atoms with van der Waals surface area (Å²) in [6, 6.07) is 0. The van der Waals surface area contributed by atoms with Gasteiger partial charge in [0.2, 0.25) is 0 Å². The fraction of sp³-hybridized carbons (Fsp3) is 0.769. The molecular weight excluding hydrogens is 260 g/mol. The maximum absolute atomic E-state index is 11.9. The largest absolute Gasteiger partial charge is 0.464 e. The Kier molecular flexibility index (Phi) is 9.36. The molecule has 0 aromatic carbocycles. The summed E-state index contributed by atoms with van der Waals surface area (Å²) >= 11 is 0. The second-order valence-corrected chi connectivity index (χ2v) is 4.39. The molecule has 0 bridgehead atoms. The summed E-state index contributed by atoms with van der Waals surface area (Å²) in [6.45, 7) is 6.57. The van der Waals surface area contributed by atoms with Gasteiger partial charge in [0.05, 0.1) is 18.7 Å². The Balaban J connectivity index is 4.45. The van der Waals surface area contributed by atoms with Gasteiger partial charge in [-0.1, -0.05) is 5.16 Å². The number of nitrogens with two attached hydrogens (primary N) is 2. The Morgan fingerprint density at radius 3 is 2.55 bits per heavy atom. The van der Waals surface area contributed by atoms with Crippen LogP contribution in [0.4, 0.5) is 0 Å². The number of amidine groups is 1. The number of esters is 1. The van der Waals surface area contributed by atoms with Gasteiger partial charge in [0.15, 0.2) is 5.54 Å². The fourth-order valence-electron chi connectivity index (χ4n) is 1.48. The standard InChI is InChI=1S/C13H26N4O3/c1-4-19-12(18)13(15,10-17-20-5-2)8-6-7-9-16-11(3)14/h10H,4-9,15H2,1-3H3,(H2,14,16). The van der Waals surface area contributed by atoms with Crippen LogP contribution in [0.3, 0.4) is 0 Å². The van der Waals surface area contributed by atoms with Crippen molar-refractivity contribution >= 4 is 18.0 Å². The van der Waals surface area contributed by atoms with E-state index in [9.17, 15) is 4.79 Å². The van der Waals surface area contributed by atoms with E-state index < -0.39 is 11.5 Å². The summed E-state index contributed by atoms with van der Waals surface area (Å²) < 4.78 is 4.97. The van der Waals surface area contributed by atoms with Crippen LogP contribution in [0.5, 0.6) is 0 Å². The SMILES string of the molecule is CCON=CC(N)(CCCCN=C(C)N)C(=O)OCC. The van der Waals surface area contributed by atoms with Crippen LogP contribution in [0.2, 0.25) is 0 Å². The van der Waals surface area contributed by atoms with Gasteiger partial charge in [-0.15, -0.1) is 0 Å². The molecule has 1 atom stereocenters. The van der Waals surface area contributed by atoms with Gasteiger partial charge < -0.3 is 21.0 Å². The summed E-state index contributed by atoms with van der Waals surface area (Å²) in [5.41, 5.74) is 10.2. The Morgan fingerprint density at radius 2 is 2.00 bits per heavy atom. The van der Waals surface area contributed by atoms with E-state index in [1.807, 2.05) is 0 Å². The number of ether oxygens (including phenoxy) is 1. The van der Waals surface area contributed by atoms with Gasteiger partial charge in [0.25, 0.3) is 0 Å². The van der Waals surface area contributed by atoms with Crippen LogP contribution in [-0.4, -0.2) is 43.3 Å². The van der Waals surface area contributed by atoms with Crippen LogP contribution < -0.4 is 11.5 Å². The fourth-order valence-corrected chi connectivity index (χ4v) is 1.48. The molecule has 0 spiro atoms. The Morgan fingerprint density at radius 1 is 1.30 bits per heavy atom. The van der Waals surface area contributed by atoms with Crippen LogP contribution >= 0.6 is 0 Å². The van der Waals surface area contributed by atoms with E-state index in [1.165, 1.54) is 6.21 Å². The molecule has 0 aliphatic rings. The van der Waals surface area contributed by atoms with Crippen molar-refractivity contribution in [1.82, 2.24) is 0 Å². The lowest BCUT2D eigenvalue weighted by atomic mass is 9.95. The van der Waals surface area contributed by atoms with Crippen molar-refractivity contribution in [2.24, 2.45) is 21.6 Å². The second-order valence-electron chi connectivity index (χ2n) is 4.39. The minimum absolute atomic E-state index is 0.275. The third-order valence-corrected chi connectivity index (χ3v) is 2.50. The van der Waals surface area contributed by atoms with Crippen LogP contribution in [0.25, 0.3) is 0 Å². The molecule has 0 fully saturated rings. The molecular formula is C13H26N4O3. The molecule has 0 aromatic heterocycles. The third-order valence-electron chi connectivity index (χ3n) is 2.50. The lowest BCUT2D eigenvalue weighted by Crippen LogP contribution is -2.50. The smallest absolute Gasteiger partial charge is 0.331 e. The quantitative estimate of drug-likeness (QED) is 0.203. The highest BCUT2D eigenvalue weighted by Crippen LogP contribution is 2.12. The van der Waals surface area contributed by atoms with E-state index >= 15 is 0 Å². The van der Waals surface area contributed by atoms with Gasteiger partial charge in [-0.25, -0.2) is 4.79 Å². The first kappa shape index (κ1) is 18.4. The predicted molar refractivity (Wildman–Crippen MR) is 79.7 cm³/mol. The number of oxime groups is 1. The highest BCUT2D eigenvalue weighted by atomic mass is 16.6. The minimum atomic E-state index is -1.26. The van der Waals surface area contributed by atoms with Crippen molar-refractivity contribution < 1.29 is 14.4 Å². The number of carbonyl (C=O) groups excluding carboxylic acids is 1. The first-order valence-corrected chi connectivity index (χ1v) is 6.85. The molecule has 0 aliphatic carbocycles. The summed E-state index contributed by atoms with van der Waals surface area (Å²) in [6.07, 6.45) is 3.23. The van der Waals surface area contributed by atoms with Gasteiger partial charge >= 0.3 is 5.97 Å². The monoisotopic (exact) mass is 286 g/mol. The number of hydrogen-bond acceptors (Lipinski definition) is 6. The molecule has 0 rings (SSSR count). The predicted octanol–water partition coefficient (Wildman–Crippen LogP) is 0.817. The summed E-state index contributed by atoms with van der Waals surface area (Å²) in [5.74, 6) is 0.0503. The molecule has 7 nitrogen and oxygen atoms in total. The highest BCUT2D eigenvalue weighted by Gasteiger charge is 2.33. The summed E-state index contributed by atoms with van der Waals surface area (Å²) in [5, 5.41) is 3.69. The first-order chi connectivity index (χ1) is 9.46. The first-order valence-electron chi connectivity index (χ1n) is 6.85. The molecule has 0 saturated carbocycles. The molecule has 0 heterocycles.